The lowest BCUT2D eigenvalue weighted by atomic mass is 9.80. The standard InChI is InChI=1S/C13H20N4/c1-15-13(10-14)7-5-11(6-8-13)17(2)12-4-3-9-16-12/h3-4,9,11,15-16H,5-8H2,1-2H3. The Morgan fingerprint density at radius 3 is 2.71 bits per heavy atom. The predicted octanol–water partition coefficient (Wildman–Crippen LogP) is 1.88. The van der Waals surface area contributed by atoms with E-state index in [0.29, 0.717) is 6.04 Å². The zero-order valence-electron chi connectivity index (χ0n) is 10.5. The van der Waals surface area contributed by atoms with Gasteiger partial charge in [0.25, 0.3) is 0 Å². The fraction of sp³-hybridized carbons (Fsp3) is 0.615. The zero-order valence-corrected chi connectivity index (χ0v) is 10.5. The largest absolute Gasteiger partial charge is 0.358 e. The smallest absolute Gasteiger partial charge is 0.106 e. The van der Waals surface area contributed by atoms with Gasteiger partial charge in [-0.3, -0.25) is 0 Å². The van der Waals surface area contributed by atoms with E-state index in [2.05, 4.69) is 34.4 Å². The van der Waals surface area contributed by atoms with Gasteiger partial charge in [0.05, 0.1) is 6.07 Å². The lowest BCUT2D eigenvalue weighted by Crippen LogP contribution is -2.48. The van der Waals surface area contributed by atoms with Gasteiger partial charge in [0, 0.05) is 19.3 Å². The van der Waals surface area contributed by atoms with Gasteiger partial charge >= 0.3 is 0 Å². The number of nitrogens with one attached hydrogen (secondary N) is 2. The van der Waals surface area contributed by atoms with Crippen molar-refractivity contribution in [1.29, 1.82) is 5.26 Å². The lowest BCUT2D eigenvalue weighted by molar-refractivity contribution is 0.287. The van der Waals surface area contributed by atoms with Gasteiger partial charge in [0.1, 0.15) is 11.4 Å². The number of aromatic amines is 1. The summed E-state index contributed by atoms with van der Waals surface area (Å²) in [5.41, 5.74) is -0.299. The van der Waals surface area contributed by atoms with E-state index in [0.717, 1.165) is 31.5 Å². The summed E-state index contributed by atoms with van der Waals surface area (Å²) in [7, 11) is 4.01. The van der Waals surface area contributed by atoms with Crippen LogP contribution in [0, 0.1) is 11.3 Å². The first-order chi connectivity index (χ1) is 8.21. The maximum atomic E-state index is 9.22. The fourth-order valence-corrected chi connectivity index (χ4v) is 2.64. The van der Waals surface area contributed by atoms with Crippen LogP contribution in [-0.2, 0) is 0 Å². The van der Waals surface area contributed by atoms with Crippen LogP contribution in [0.3, 0.4) is 0 Å². The molecule has 0 unspecified atom stereocenters. The van der Waals surface area contributed by atoms with E-state index in [1.807, 2.05) is 19.3 Å². The van der Waals surface area contributed by atoms with Crippen molar-refractivity contribution < 1.29 is 0 Å². The number of hydrogen-bond acceptors (Lipinski definition) is 3. The highest BCUT2D eigenvalue weighted by Gasteiger charge is 2.35. The predicted molar refractivity (Wildman–Crippen MR) is 68.9 cm³/mol. The van der Waals surface area contributed by atoms with Crippen LogP contribution in [-0.4, -0.2) is 30.7 Å². The molecule has 1 fully saturated rings. The second-order valence-corrected chi connectivity index (χ2v) is 4.84. The third kappa shape index (κ3) is 2.29. The number of hydrogen-bond donors (Lipinski definition) is 2. The van der Waals surface area contributed by atoms with Gasteiger partial charge in [0.2, 0.25) is 0 Å². The average molecular weight is 232 g/mol. The summed E-state index contributed by atoms with van der Waals surface area (Å²) in [6.07, 6.45) is 5.92. The quantitative estimate of drug-likeness (QED) is 0.836. The molecule has 1 aromatic rings. The first-order valence-electron chi connectivity index (χ1n) is 6.17. The number of nitrogens with zero attached hydrogens (tertiary/aromatic N) is 2. The van der Waals surface area contributed by atoms with Crippen molar-refractivity contribution in [3.8, 4) is 6.07 Å². The van der Waals surface area contributed by atoms with Crippen LogP contribution >= 0.6 is 0 Å². The molecule has 1 heterocycles. The Labute approximate surface area is 103 Å². The highest BCUT2D eigenvalue weighted by Crippen LogP contribution is 2.31. The van der Waals surface area contributed by atoms with Gasteiger partial charge in [0.15, 0.2) is 0 Å². The Balaban J connectivity index is 1.98. The van der Waals surface area contributed by atoms with Crippen LogP contribution < -0.4 is 10.2 Å². The van der Waals surface area contributed by atoms with Gasteiger partial charge in [-0.25, -0.2) is 0 Å². The molecule has 0 aliphatic heterocycles. The normalized spacial score (nSPS) is 28.6. The Bertz CT molecular complexity index is 382. The average Bonchev–Trinajstić information content (AvgIpc) is 2.92. The first-order valence-corrected chi connectivity index (χ1v) is 6.17. The van der Waals surface area contributed by atoms with E-state index in [-0.39, 0.29) is 5.54 Å². The third-order valence-electron chi connectivity index (χ3n) is 4.01. The third-order valence-corrected chi connectivity index (χ3v) is 4.01. The molecule has 1 saturated carbocycles. The molecule has 0 atom stereocenters. The second-order valence-electron chi connectivity index (χ2n) is 4.84. The van der Waals surface area contributed by atoms with Gasteiger partial charge in [-0.2, -0.15) is 5.26 Å². The molecule has 0 aromatic carbocycles. The van der Waals surface area contributed by atoms with E-state index in [1.54, 1.807) is 0 Å². The summed E-state index contributed by atoms with van der Waals surface area (Å²) >= 11 is 0. The van der Waals surface area contributed by atoms with Crippen molar-refractivity contribution in [1.82, 2.24) is 10.3 Å². The summed E-state index contributed by atoms with van der Waals surface area (Å²) in [5, 5.41) is 12.4. The van der Waals surface area contributed by atoms with Crippen molar-refractivity contribution in [3.63, 3.8) is 0 Å². The van der Waals surface area contributed by atoms with E-state index in [9.17, 15) is 5.26 Å². The summed E-state index contributed by atoms with van der Waals surface area (Å²) in [4.78, 5) is 5.52. The van der Waals surface area contributed by atoms with Crippen molar-refractivity contribution in [2.45, 2.75) is 37.3 Å². The maximum Gasteiger partial charge on any atom is 0.106 e. The SMILES string of the molecule is CNC1(C#N)CCC(N(C)c2ccc[nH]2)CC1. The molecule has 1 aliphatic carbocycles. The molecule has 4 nitrogen and oxygen atoms in total. The molecule has 2 rings (SSSR count). The maximum absolute atomic E-state index is 9.22. The fourth-order valence-electron chi connectivity index (χ4n) is 2.64. The van der Waals surface area contributed by atoms with E-state index >= 15 is 0 Å². The number of anilines is 1. The monoisotopic (exact) mass is 232 g/mol. The highest BCUT2D eigenvalue weighted by atomic mass is 15.2. The molecule has 1 aromatic heterocycles. The summed E-state index contributed by atoms with van der Waals surface area (Å²) in [6.45, 7) is 0. The molecule has 17 heavy (non-hydrogen) atoms. The lowest BCUT2D eigenvalue weighted by Gasteiger charge is -2.39. The second kappa shape index (κ2) is 4.80. The molecule has 1 aliphatic rings. The number of aromatic nitrogens is 1. The Hall–Kier alpha value is -1.47. The van der Waals surface area contributed by atoms with Crippen LogP contribution in [0.25, 0.3) is 0 Å². The van der Waals surface area contributed by atoms with Crippen LogP contribution in [0.5, 0.6) is 0 Å². The van der Waals surface area contributed by atoms with Crippen LogP contribution in [0.1, 0.15) is 25.7 Å². The van der Waals surface area contributed by atoms with Crippen molar-refractivity contribution in [2.75, 3.05) is 19.0 Å². The van der Waals surface area contributed by atoms with Crippen molar-refractivity contribution >= 4 is 5.82 Å². The van der Waals surface area contributed by atoms with E-state index in [4.69, 9.17) is 0 Å². The molecule has 92 valence electrons. The van der Waals surface area contributed by atoms with Crippen molar-refractivity contribution in [3.05, 3.63) is 18.3 Å². The van der Waals surface area contributed by atoms with Gasteiger partial charge in [-0.05, 0) is 44.9 Å². The summed E-state index contributed by atoms with van der Waals surface area (Å²) < 4.78 is 0. The molecule has 0 radical (unpaired) electrons. The van der Waals surface area contributed by atoms with Gasteiger partial charge < -0.3 is 15.2 Å². The molecular weight excluding hydrogens is 212 g/mol. The molecule has 0 bridgehead atoms. The molecule has 0 spiro atoms. The molecule has 4 heteroatoms. The van der Waals surface area contributed by atoms with Gasteiger partial charge in [-0.15, -0.1) is 0 Å². The Morgan fingerprint density at radius 2 is 2.24 bits per heavy atom. The minimum Gasteiger partial charge on any atom is -0.358 e. The number of nitriles is 1. The molecule has 0 saturated heterocycles. The van der Waals surface area contributed by atoms with Crippen LogP contribution in [0.4, 0.5) is 5.82 Å². The highest BCUT2D eigenvalue weighted by molar-refractivity contribution is 5.39. The van der Waals surface area contributed by atoms with Crippen LogP contribution in [0.2, 0.25) is 0 Å². The Kier molecular flexibility index (Phi) is 3.39. The molecular formula is C13H20N4. The van der Waals surface area contributed by atoms with E-state index < -0.39 is 0 Å². The zero-order chi connectivity index (χ0) is 12.3. The molecule has 0 amide bonds. The minimum atomic E-state index is -0.299. The first kappa shape index (κ1) is 12.0. The number of H-pyrrole nitrogens is 1. The van der Waals surface area contributed by atoms with Crippen molar-refractivity contribution in [2.24, 2.45) is 0 Å². The Morgan fingerprint density at radius 1 is 1.53 bits per heavy atom. The summed E-state index contributed by atoms with van der Waals surface area (Å²) in [6, 6.07) is 7.06. The van der Waals surface area contributed by atoms with Gasteiger partial charge in [-0.1, -0.05) is 0 Å². The minimum absolute atomic E-state index is 0.299. The topological polar surface area (TPSA) is 54.9 Å². The molecule has 2 N–H and O–H groups in total. The number of rotatable bonds is 3. The summed E-state index contributed by atoms with van der Waals surface area (Å²) in [5.74, 6) is 1.16. The van der Waals surface area contributed by atoms with E-state index in [1.165, 1.54) is 0 Å². The van der Waals surface area contributed by atoms with Crippen LogP contribution in [0.15, 0.2) is 18.3 Å².